The standard InChI is InChI=1S/C22H27ClN8OS/c1-13-21(33-16-4-7-26-19(25-2)17(16)23)29-14(11-32)20(28-13)30-9-5-22(6-10-30)12-31-15(18(22)24)3-8-27-31/h3-4,7-8,18,32H,5-6,9-12,24H2,1-2H3,(H,25,26)/t18-/m1/s1. The van der Waals surface area contributed by atoms with Crippen LogP contribution in [0, 0.1) is 12.3 Å². The Bertz CT molecular complexity index is 1180. The minimum Gasteiger partial charge on any atom is -0.390 e. The fraction of sp³-hybridized carbons (Fsp3) is 0.455. The van der Waals surface area contributed by atoms with Crippen molar-refractivity contribution in [3.63, 3.8) is 0 Å². The number of pyridine rings is 1. The highest BCUT2D eigenvalue weighted by Gasteiger charge is 2.47. The van der Waals surface area contributed by atoms with Crippen LogP contribution >= 0.6 is 23.4 Å². The van der Waals surface area contributed by atoms with Crippen LogP contribution in [0.25, 0.3) is 0 Å². The fourth-order valence-corrected chi connectivity index (χ4v) is 6.04. The van der Waals surface area contributed by atoms with E-state index in [9.17, 15) is 5.11 Å². The Morgan fingerprint density at radius 1 is 1.27 bits per heavy atom. The van der Waals surface area contributed by atoms with Gasteiger partial charge in [0.25, 0.3) is 0 Å². The molecule has 0 saturated carbocycles. The molecule has 33 heavy (non-hydrogen) atoms. The molecule has 11 heteroatoms. The zero-order chi connectivity index (χ0) is 23.2. The Morgan fingerprint density at radius 3 is 2.76 bits per heavy atom. The van der Waals surface area contributed by atoms with E-state index in [1.807, 2.05) is 29.9 Å². The van der Waals surface area contributed by atoms with Gasteiger partial charge in [-0.15, -0.1) is 0 Å². The van der Waals surface area contributed by atoms with Crippen LogP contribution in [0.1, 0.15) is 36.0 Å². The van der Waals surface area contributed by atoms with Gasteiger partial charge in [0.05, 0.1) is 29.1 Å². The molecule has 3 aromatic rings. The van der Waals surface area contributed by atoms with E-state index < -0.39 is 0 Å². The molecule has 1 saturated heterocycles. The van der Waals surface area contributed by atoms with Crippen molar-refractivity contribution in [1.29, 1.82) is 0 Å². The molecule has 174 valence electrons. The molecule has 9 nitrogen and oxygen atoms in total. The molecule has 2 aliphatic rings. The van der Waals surface area contributed by atoms with E-state index in [0.29, 0.717) is 16.5 Å². The Balaban J connectivity index is 1.36. The number of hydrogen-bond donors (Lipinski definition) is 3. The molecule has 0 aromatic carbocycles. The first-order chi connectivity index (χ1) is 16.0. The zero-order valence-electron chi connectivity index (χ0n) is 18.6. The van der Waals surface area contributed by atoms with E-state index in [0.717, 1.165) is 59.6 Å². The molecule has 0 unspecified atom stereocenters. The van der Waals surface area contributed by atoms with Crippen molar-refractivity contribution in [2.45, 2.75) is 48.9 Å². The lowest BCUT2D eigenvalue weighted by Gasteiger charge is -2.42. The van der Waals surface area contributed by atoms with Gasteiger partial charge in [0.15, 0.2) is 5.82 Å². The smallest absolute Gasteiger partial charge is 0.153 e. The summed E-state index contributed by atoms with van der Waals surface area (Å²) in [4.78, 5) is 16.9. The lowest BCUT2D eigenvalue weighted by Crippen LogP contribution is -2.45. The van der Waals surface area contributed by atoms with Crippen LogP contribution in [0.3, 0.4) is 0 Å². The van der Waals surface area contributed by atoms with Crippen molar-refractivity contribution in [3.05, 3.63) is 46.6 Å². The van der Waals surface area contributed by atoms with Gasteiger partial charge in [0, 0.05) is 49.4 Å². The van der Waals surface area contributed by atoms with Gasteiger partial charge in [0.1, 0.15) is 16.5 Å². The van der Waals surface area contributed by atoms with Crippen LogP contribution in [-0.4, -0.2) is 50.0 Å². The number of aliphatic hydroxyl groups is 1. The highest BCUT2D eigenvalue weighted by atomic mass is 35.5. The summed E-state index contributed by atoms with van der Waals surface area (Å²) in [7, 11) is 1.78. The predicted molar refractivity (Wildman–Crippen MR) is 129 cm³/mol. The molecule has 1 fully saturated rings. The number of aliphatic hydroxyl groups excluding tert-OH is 1. The van der Waals surface area contributed by atoms with Gasteiger partial charge in [-0.1, -0.05) is 23.4 Å². The summed E-state index contributed by atoms with van der Waals surface area (Å²) in [5, 5.41) is 18.8. The Hall–Kier alpha value is -2.40. The lowest BCUT2D eigenvalue weighted by atomic mass is 9.73. The Kier molecular flexibility index (Phi) is 5.94. The van der Waals surface area contributed by atoms with Crippen LogP contribution in [0.4, 0.5) is 11.6 Å². The molecular weight excluding hydrogens is 460 g/mol. The molecule has 1 spiro atoms. The van der Waals surface area contributed by atoms with Crippen LogP contribution in [-0.2, 0) is 13.2 Å². The summed E-state index contributed by atoms with van der Waals surface area (Å²) in [5.41, 5.74) is 9.13. The Labute approximate surface area is 201 Å². The van der Waals surface area contributed by atoms with Crippen molar-refractivity contribution < 1.29 is 5.11 Å². The number of anilines is 2. The highest BCUT2D eigenvalue weighted by Crippen LogP contribution is 2.48. The normalized spacial score (nSPS) is 19.2. The van der Waals surface area contributed by atoms with Crippen LogP contribution in [0.2, 0.25) is 5.02 Å². The SMILES string of the molecule is CNc1nccc(Sc2nc(CO)c(N3CCC4(CC3)Cn3nccc3[C@H]4N)nc2C)c1Cl. The van der Waals surface area contributed by atoms with Gasteiger partial charge in [-0.3, -0.25) is 4.68 Å². The van der Waals surface area contributed by atoms with E-state index in [-0.39, 0.29) is 18.1 Å². The third kappa shape index (κ3) is 3.84. The van der Waals surface area contributed by atoms with Crippen molar-refractivity contribution in [1.82, 2.24) is 24.7 Å². The molecule has 5 rings (SSSR count). The second-order valence-electron chi connectivity index (χ2n) is 8.61. The molecule has 0 aliphatic carbocycles. The van der Waals surface area contributed by atoms with Crippen molar-refractivity contribution in [2.24, 2.45) is 11.1 Å². The van der Waals surface area contributed by atoms with Crippen LogP contribution < -0.4 is 16.0 Å². The Morgan fingerprint density at radius 2 is 2.06 bits per heavy atom. The molecular formula is C22H27ClN8OS. The summed E-state index contributed by atoms with van der Waals surface area (Å²) in [6.45, 7) is 4.24. The maximum absolute atomic E-state index is 10.1. The number of hydrogen-bond acceptors (Lipinski definition) is 9. The molecule has 0 bridgehead atoms. The molecule has 1 atom stereocenters. The third-order valence-corrected chi connectivity index (χ3v) is 8.41. The van der Waals surface area contributed by atoms with E-state index >= 15 is 0 Å². The number of fused-ring (bicyclic) bond motifs is 1. The number of aromatic nitrogens is 5. The van der Waals surface area contributed by atoms with Crippen molar-refractivity contribution >= 4 is 35.0 Å². The van der Waals surface area contributed by atoms with Gasteiger partial charge >= 0.3 is 0 Å². The number of nitrogens with one attached hydrogen (secondary N) is 1. The summed E-state index contributed by atoms with van der Waals surface area (Å²) in [5.74, 6) is 1.36. The number of nitrogens with two attached hydrogens (primary N) is 1. The minimum atomic E-state index is -0.182. The molecule has 5 heterocycles. The largest absolute Gasteiger partial charge is 0.390 e. The first kappa shape index (κ1) is 22.4. The molecule has 3 aromatic heterocycles. The van der Waals surface area contributed by atoms with Gasteiger partial charge < -0.3 is 21.1 Å². The van der Waals surface area contributed by atoms with Gasteiger partial charge in [-0.25, -0.2) is 15.0 Å². The highest BCUT2D eigenvalue weighted by molar-refractivity contribution is 7.99. The minimum absolute atomic E-state index is 0.00123. The molecule has 0 amide bonds. The number of rotatable bonds is 5. The quantitative estimate of drug-likeness (QED) is 0.500. The van der Waals surface area contributed by atoms with E-state index in [2.05, 4.69) is 20.3 Å². The number of aryl methyl sites for hydroxylation is 1. The zero-order valence-corrected chi connectivity index (χ0v) is 20.2. The predicted octanol–water partition coefficient (Wildman–Crippen LogP) is 3.02. The fourth-order valence-electron chi connectivity index (χ4n) is 4.85. The second-order valence-corrected chi connectivity index (χ2v) is 10.0. The number of piperidine rings is 1. The molecule has 2 aliphatic heterocycles. The summed E-state index contributed by atoms with van der Waals surface area (Å²) >= 11 is 7.89. The van der Waals surface area contributed by atoms with Gasteiger partial charge in [-0.2, -0.15) is 5.10 Å². The monoisotopic (exact) mass is 486 g/mol. The number of halogens is 1. The maximum Gasteiger partial charge on any atom is 0.153 e. The number of nitrogens with zero attached hydrogens (tertiary/aromatic N) is 6. The average molecular weight is 487 g/mol. The van der Waals surface area contributed by atoms with Crippen LogP contribution in [0.5, 0.6) is 0 Å². The topological polar surface area (TPSA) is 118 Å². The lowest BCUT2D eigenvalue weighted by molar-refractivity contribution is 0.170. The van der Waals surface area contributed by atoms with Crippen LogP contribution in [0.15, 0.2) is 34.4 Å². The first-order valence-corrected chi connectivity index (χ1v) is 12.2. The van der Waals surface area contributed by atoms with E-state index in [4.69, 9.17) is 27.3 Å². The second kappa shape index (κ2) is 8.75. The van der Waals surface area contributed by atoms with Crippen molar-refractivity contribution in [2.75, 3.05) is 30.4 Å². The molecule has 0 radical (unpaired) electrons. The van der Waals surface area contributed by atoms with E-state index in [1.165, 1.54) is 11.8 Å². The van der Waals surface area contributed by atoms with E-state index in [1.54, 1.807) is 13.2 Å². The summed E-state index contributed by atoms with van der Waals surface area (Å²) < 4.78 is 2.04. The summed E-state index contributed by atoms with van der Waals surface area (Å²) in [6.07, 6.45) is 5.41. The van der Waals surface area contributed by atoms with Gasteiger partial charge in [0.2, 0.25) is 0 Å². The maximum atomic E-state index is 10.1. The first-order valence-electron chi connectivity index (χ1n) is 11.0. The average Bonchev–Trinajstić information content (AvgIpc) is 3.38. The van der Waals surface area contributed by atoms with Gasteiger partial charge in [-0.05, 0) is 31.9 Å². The third-order valence-electron chi connectivity index (χ3n) is 6.78. The molecule has 4 N–H and O–H groups in total. The van der Waals surface area contributed by atoms with Crippen molar-refractivity contribution in [3.8, 4) is 0 Å². The summed E-state index contributed by atoms with van der Waals surface area (Å²) in [6, 6.07) is 3.87.